The summed E-state index contributed by atoms with van der Waals surface area (Å²) in [6.45, 7) is 4.38. The van der Waals surface area contributed by atoms with Gasteiger partial charge in [-0.3, -0.25) is 0 Å². The van der Waals surface area contributed by atoms with Gasteiger partial charge in [0.25, 0.3) is 0 Å². The molecule has 1 unspecified atom stereocenters. The number of hydrogen-bond donors (Lipinski definition) is 3. The monoisotopic (exact) mass is 296 g/mol. The van der Waals surface area contributed by atoms with E-state index in [9.17, 15) is 13.5 Å². The number of ether oxygens (including phenoxy) is 1. The minimum Gasteiger partial charge on any atom is -0.389 e. The number of hydrogen-bond acceptors (Lipinski definition) is 5. The highest BCUT2D eigenvalue weighted by Gasteiger charge is 2.04. The molecular weight excluding hydrogens is 268 g/mol. The third kappa shape index (κ3) is 15.7. The molecule has 3 N–H and O–H groups in total. The molecule has 0 aliphatic rings. The van der Waals surface area contributed by atoms with Gasteiger partial charge in [0.1, 0.15) is 0 Å². The van der Waals surface area contributed by atoms with Gasteiger partial charge in [-0.1, -0.05) is 26.2 Å². The zero-order chi connectivity index (χ0) is 14.6. The highest BCUT2D eigenvalue weighted by molar-refractivity contribution is 7.88. The lowest BCUT2D eigenvalue weighted by atomic mass is 10.2. The van der Waals surface area contributed by atoms with Crippen molar-refractivity contribution in [2.75, 3.05) is 39.1 Å². The lowest BCUT2D eigenvalue weighted by molar-refractivity contribution is 0.0356. The Labute approximate surface area is 117 Å². The lowest BCUT2D eigenvalue weighted by Crippen LogP contribution is -2.36. The largest absolute Gasteiger partial charge is 0.389 e. The van der Waals surface area contributed by atoms with Crippen molar-refractivity contribution in [3.63, 3.8) is 0 Å². The van der Waals surface area contributed by atoms with Gasteiger partial charge in [-0.15, -0.1) is 0 Å². The number of unbranched alkanes of at least 4 members (excludes halogenated alkanes) is 3. The molecule has 0 bridgehead atoms. The van der Waals surface area contributed by atoms with Crippen LogP contribution in [0, 0.1) is 0 Å². The van der Waals surface area contributed by atoms with Crippen LogP contribution in [-0.4, -0.2) is 58.7 Å². The Morgan fingerprint density at radius 2 is 1.95 bits per heavy atom. The second kappa shape index (κ2) is 11.6. The molecular formula is C12H28N2O4S. The summed E-state index contributed by atoms with van der Waals surface area (Å²) in [6, 6.07) is 0. The summed E-state index contributed by atoms with van der Waals surface area (Å²) in [4.78, 5) is 0. The Balaban J connectivity index is 3.28. The Kier molecular flexibility index (Phi) is 11.5. The van der Waals surface area contributed by atoms with E-state index in [0.717, 1.165) is 12.7 Å². The van der Waals surface area contributed by atoms with Gasteiger partial charge < -0.3 is 15.2 Å². The maximum absolute atomic E-state index is 10.8. The van der Waals surface area contributed by atoms with Crippen molar-refractivity contribution in [2.24, 2.45) is 0 Å². The van der Waals surface area contributed by atoms with Gasteiger partial charge in [0, 0.05) is 26.2 Å². The van der Waals surface area contributed by atoms with Gasteiger partial charge in [0.05, 0.1) is 19.0 Å². The molecule has 0 saturated carbocycles. The third-order valence-electron chi connectivity index (χ3n) is 2.50. The molecule has 0 radical (unpaired) electrons. The Hall–Kier alpha value is -0.210. The second-order valence-electron chi connectivity index (χ2n) is 4.66. The molecule has 19 heavy (non-hydrogen) atoms. The van der Waals surface area contributed by atoms with E-state index >= 15 is 0 Å². The molecule has 116 valence electrons. The van der Waals surface area contributed by atoms with E-state index in [0.29, 0.717) is 32.8 Å². The quantitative estimate of drug-likeness (QED) is 0.419. The first kappa shape index (κ1) is 18.8. The SMILES string of the molecule is CCCCCCOCC(O)CNCCNS(C)(=O)=O. The number of rotatable bonds is 13. The van der Waals surface area contributed by atoms with Crippen molar-refractivity contribution in [1.82, 2.24) is 10.0 Å². The number of nitrogens with one attached hydrogen (secondary N) is 2. The molecule has 0 rings (SSSR count). The zero-order valence-electron chi connectivity index (χ0n) is 12.0. The third-order valence-corrected chi connectivity index (χ3v) is 3.23. The highest BCUT2D eigenvalue weighted by Crippen LogP contribution is 1.99. The minimum absolute atomic E-state index is 0.318. The summed E-state index contributed by atoms with van der Waals surface area (Å²) in [5.41, 5.74) is 0. The lowest BCUT2D eigenvalue weighted by Gasteiger charge is -2.12. The molecule has 0 aromatic heterocycles. The van der Waals surface area contributed by atoms with Crippen LogP contribution < -0.4 is 10.0 Å². The first-order valence-corrected chi connectivity index (χ1v) is 8.76. The molecule has 1 atom stereocenters. The van der Waals surface area contributed by atoms with E-state index in [4.69, 9.17) is 4.74 Å². The maximum atomic E-state index is 10.8. The predicted molar refractivity (Wildman–Crippen MR) is 76.7 cm³/mol. The summed E-state index contributed by atoms with van der Waals surface area (Å²) < 4.78 is 29.3. The molecule has 0 aliphatic heterocycles. The minimum atomic E-state index is -3.13. The summed E-state index contributed by atoms with van der Waals surface area (Å²) in [6.07, 6.45) is 5.20. The highest BCUT2D eigenvalue weighted by atomic mass is 32.2. The van der Waals surface area contributed by atoms with Crippen molar-refractivity contribution in [1.29, 1.82) is 0 Å². The molecule has 0 aromatic carbocycles. The average molecular weight is 296 g/mol. The van der Waals surface area contributed by atoms with Crippen LogP contribution in [0.15, 0.2) is 0 Å². The van der Waals surface area contributed by atoms with Crippen LogP contribution in [0.2, 0.25) is 0 Å². The summed E-state index contributed by atoms with van der Waals surface area (Å²) >= 11 is 0. The van der Waals surface area contributed by atoms with Crippen molar-refractivity contribution in [3.05, 3.63) is 0 Å². The molecule has 0 spiro atoms. The summed E-state index contributed by atoms with van der Waals surface area (Å²) in [7, 11) is -3.13. The van der Waals surface area contributed by atoms with Gasteiger partial charge in [-0.05, 0) is 6.42 Å². The first-order valence-electron chi connectivity index (χ1n) is 6.87. The van der Waals surface area contributed by atoms with Crippen LogP contribution in [0.4, 0.5) is 0 Å². The molecule has 0 fully saturated rings. The van der Waals surface area contributed by atoms with E-state index in [2.05, 4.69) is 17.0 Å². The van der Waals surface area contributed by atoms with E-state index < -0.39 is 16.1 Å². The van der Waals surface area contributed by atoms with Gasteiger partial charge in [0.15, 0.2) is 0 Å². The molecule has 0 heterocycles. The van der Waals surface area contributed by atoms with Crippen LogP contribution in [0.5, 0.6) is 0 Å². The summed E-state index contributed by atoms with van der Waals surface area (Å²) in [5, 5.41) is 12.5. The fraction of sp³-hybridized carbons (Fsp3) is 1.00. The molecule has 0 saturated heterocycles. The number of aliphatic hydroxyl groups is 1. The van der Waals surface area contributed by atoms with E-state index in [-0.39, 0.29) is 0 Å². The molecule has 6 nitrogen and oxygen atoms in total. The van der Waals surface area contributed by atoms with Crippen molar-refractivity contribution >= 4 is 10.0 Å². The fourth-order valence-electron chi connectivity index (χ4n) is 1.50. The summed E-state index contributed by atoms with van der Waals surface area (Å²) in [5.74, 6) is 0. The zero-order valence-corrected chi connectivity index (χ0v) is 12.8. The Morgan fingerprint density at radius 3 is 2.58 bits per heavy atom. The second-order valence-corrected chi connectivity index (χ2v) is 6.49. The normalized spacial score (nSPS) is 13.6. The Bertz CT molecular complexity index is 296. The van der Waals surface area contributed by atoms with E-state index in [1.54, 1.807) is 0 Å². The van der Waals surface area contributed by atoms with Crippen LogP contribution in [0.3, 0.4) is 0 Å². The van der Waals surface area contributed by atoms with Crippen LogP contribution >= 0.6 is 0 Å². The van der Waals surface area contributed by atoms with Crippen molar-refractivity contribution in [2.45, 2.75) is 38.7 Å². The van der Waals surface area contributed by atoms with Gasteiger partial charge in [0.2, 0.25) is 10.0 Å². The molecule has 0 aromatic rings. The fourth-order valence-corrected chi connectivity index (χ4v) is 1.98. The molecule has 0 amide bonds. The van der Waals surface area contributed by atoms with Crippen molar-refractivity contribution in [3.8, 4) is 0 Å². The topological polar surface area (TPSA) is 87.7 Å². The first-order chi connectivity index (χ1) is 8.95. The van der Waals surface area contributed by atoms with E-state index in [1.165, 1.54) is 19.3 Å². The van der Waals surface area contributed by atoms with Gasteiger partial charge >= 0.3 is 0 Å². The number of sulfonamides is 1. The van der Waals surface area contributed by atoms with Crippen molar-refractivity contribution < 1.29 is 18.3 Å². The van der Waals surface area contributed by atoms with Gasteiger partial charge in [-0.2, -0.15) is 0 Å². The smallest absolute Gasteiger partial charge is 0.208 e. The van der Waals surface area contributed by atoms with E-state index in [1.807, 2.05) is 0 Å². The standard InChI is InChI=1S/C12H28N2O4S/c1-3-4-5-6-9-18-11-12(15)10-13-7-8-14-19(2,16)17/h12-15H,3-11H2,1-2H3. The maximum Gasteiger partial charge on any atom is 0.208 e. The number of aliphatic hydroxyl groups excluding tert-OH is 1. The van der Waals surface area contributed by atoms with Crippen LogP contribution in [0.1, 0.15) is 32.6 Å². The molecule has 7 heteroatoms. The Morgan fingerprint density at radius 1 is 1.21 bits per heavy atom. The average Bonchev–Trinajstić information content (AvgIpc) is 2.31. The predicted octanol–water partition coefficient (Wildman–Crippen LogP) is 0.0830. The van der Waals surface area contributed by atoms with Crippen LogP contribution in [-0.2, 0) is 14.8 Å². The van der Waals surface area contributed by atoms with Crippen LogP contribution in [0.25, 0.3) is 0 Å². The van der Waals surface area contributed by atoms with Gasteiger partial charge in [-0.25, -0.2) is 13.1 Å². The molecule has 0 aliphatic carbocycles.